The van der Waals surface area contributed by atoms with Crippen molar-refractivity contribution < 1.29 is 9.53 Å². The van der Waals surface area contributed by atoms with Gasteiger partial charge in [-0.25, -0.2) is 0 Å². The first-order valence-corrected chi connectivity index (χ1v) is 9.50. The predicted octanol–water partition coefficient (Wildman–Crippen LogP) is 3.88. The Morgan fingerprint density at radius 2 is 2.20 bits per heavy atom. The molecule has 1 atom stereocenters. The number of benzene rings is 1. The Morgan fingerprint density at radius 3 is 2.96 bits per heavy atom. The van der Waals surface area contributed by atoms with E-state index >= 15 is 0 Å². The van der Waals surface area contributed by atoms with Crippen LogP contribution in [0, 0.1) is 5.92 Å². The molecule has 2 aromatic rings. The third kappa shape index (κ3) is 2.88. The number of methoxy groups -OCH3 is 1. The highest BCUT2D eigenvalue weighted by atomic mass is 35.5. The van der Waals surface area contributed by atoms with E-state index in [1.54, 1.807) is 11.3 Å². The van der Waals surface area contributed by atoms with Gasteiger partial charge in [0.05, 0.1) is 25.3 Å². The van der Waals surface area contributed by atoms with E-state index in [1.165, 1.54) is 12.0 Å². The van der Waals surface area contributed by atoms with E-state index in [4.69, 9.17) is 33.5 Å². The highest BCUT2D eigenvalue weighted by Crippen LogP contribution is 2.43. The lowest BCUT2D eigenvalue weighted by molar-refractivity contribution is -0.145. The number of thiophene rings is 1. The van der Waals surface area contributed by atoms with Crippen molar-refractivity contribution in [2.24, 2.45) is 10.9 Å². The van der Waals surface area contributed by atoms with Crippen LogP contribution in [-0.2, 0) is 22.4 Å². The van der Waals surface area contributed by atoms with Crippen LogP contribution in [0.25, 0.3) is 0 Å². The zero-order chi connectivity index (χ0) is 17.6. The number of halogens is 1. The molecule has 2 aliphatic rings. The number of anilines is 1. The maximum Gasteiger partial charge on any atom is 0.309 e. The summed E-state index contributed by atoms with van der Waals surface area (Å²) in [5, 5.41) is 4.96. The highest BCUT2D eigenvalue weighted by molar-refractivity contribution is 7.80. The van der Waals surface area contributed by atoms with Crippen LogP contribution in [0.2, 0.25) is 5.02 Å². The molecule has 0 radical (unpaired) electrons. The SMILES string of the molecule is COC(=O)C1Cc2sc3c(c2C1)C(c1ccccc1Cl)=NCC(=S)N3. The summed E-state index contributed by atoms with van der Waals surface area (Å²) in [6.07, 6.45) is 1.36. The standard InChI is InChI=1S/C18H15ClN2O2S2/c1-23-18(22)9-6-11-13(7-9)25-17-15(11)16(20-8-14(24)21-17)10-4-2-3-5-12(10)19/h2-5,9H,6-8H2,1H3,(H,21,24). The van der Waals surface area contributed by atoms with Gasteiger partial charge in [-0.2, -0.15) is 0 Å². The molecule has 1 aliphatic heterocycles. The van der Waals surface area contributed by atoms with Gasteiger partial charge in [0.15, 0.2) is 0 Å². The molecule has 7 heteroatoms. The van der Waals surface area contributed by atoms with Crippen molar-refractivity contribution in [3.63, 3.8) is 0 Å². The number of nitrogens with zero attached hydrogens (tertiary/aromatic N) is 1. The van der Waals surface area contributed by atoms with Gasteiger partial charge in [0, 0.05) is 21.0 Å². The van der Waals surface area contributed by atoms with Crippen LogP contribution in [0.5, 0.6) is 0 Å². The molecule has 1 aromatic carbocycles. The van der Waals surface area contributed by atoms with E-state index in [-0.39, 0.29) is 11.9 Å². The summed E-state index contributed by atoms with van der Waals surface area (Å²) < 4.78 is 4.93. The van der Waals surface area contributed by atoms with E-state index in [0.717, 1.165) is 27.4 Å². The summed E-state index contributed by atoms with van der Waals surface area (Å²) >= 11 is 13.5. The van der Waals surface area contributed by atoms with Gasteiger partial charge in [-0.05, 0) is 24.5 Å². The molecular formula is C18H15ClN2O2S2. The van der Waals surface area contributed by atoms with Crippen LogP contribution >= 0.6 is 35.2 Å². The van der Waals surface area contributed by atoms with Gasteiger partial charge in [0.1, 0.15) is 9.99 Å². The summed E-state index contributed by atoms with van der Waals surface area (Å²) in [5.41, 5.74) is 3.92. The highest BCUT2D eigenvalue weighted by Gasteiger charge is 2.36. The second-order valence-electron chi connectivity index (χ2n) is 6.03. The molecule has 4 nitrogen and oxygen atoms in total. The van der Waals surface area contributed by atoms with Gasteiger partial charge in [-0.15, -0.1) is 11.3 Å². The quantitative estimate of drug-likeness (QED) is 0.624. The predicted molar refractivity (Wildman–Crippen MR) is 105 cm³/mol. The third-order valence-electron chi connectivity index (χ3n) is 4.51. The maximum absolute atomic E-state index is 12.0. The fraction of sp³-hybridized carbons (Fsp3) is 0.278. The summed E-state index contributed by atoms with van der Waals surface area (Å²) in [6.45, 7) is 0.423. The Labute approximate surface area is 159 Å². The minimum atomic E-state index is -0.162. The van der Waals surface area contributed by atoms with E-state index < -0.39 is 0 Å². The van der Waals surface area contributed by atoms with Crippen molar-refractivity contribution in [3.8, 4) is 0 Å². The fourth-order valence-corrected chi connectivity index (χ4v) is 5.17. The molecule has 0 amide bonds. The van der Waals surface area contributed by atoms with Crippen LogP contribution in [-0.4, -0.2) is 30.3 Å². The van der Waals surface area contributed by atoms with E-state index in [2.05, 4.69) is 5.32 Å². The molecule has 2 heterocycles. The Morgan fingerprint density at radius 1 is 1.40 bits per heavy atom. The Bertz CT molecular complexity index is 920. The first-order valence-electron chi connectivity index (χ1n) is 7.90. The van der Waals surface area contributed by atoms with Gasteiger partial charge in [-0.3, -0.25) is 9.79 Å². The second kappa shape index (κ2) is 6.52. The topological polar surface area (TPSA) is 50.7 Å². The molecule has 0 saturated heterocycles. The second-order valence-corrected chi connectivity index (χ2v) is 8.03. The molecule has 0 spiro atoms. The molecule has 4 rings (SSSR count). The van der Waals surface area contributed by atoms with Gasteiger partial charge in [-0.1, -0.05) is 42.0 Å². The summed E-state index contributed by atoms with van der Waals surface area (Å²) in [5.74, 6) is -0.287. The molecule has 1 aromatic heterocycles. The van der Waals surface area contributed by atoms with Crippen LogP contribution in [0.1, 0.15) is 21.6 Å². The minimum absolute atomic E-state index is 0.126. The monoisotopic (exact) mass is 390 g/mol. The number of aliphatic imine (C=N–C) groups is 1. The molecule has 0 bridgehead atoms. The van der Waals surface area contributed by atoms with Gasteiger partial charge in [0.2, 0.25) is 0 Å². The van der Waals surface area contributed by atoms with Crippen molar-refractivity contribution in [1.82, 2.24) is 0 Å². The van der Waals surface area contributed by atoms with Crippen molar-refractivity contribution in [2.45, 2.75) is 12.8 Å². The normalized spacial score (nSPS) is 18.7. The van der Waals surface area contributed by atoms with Crippen molar-refractivity contribution in [1.29, 1.82) is 0 Å². The molecule has 0 fully saturated rings. The molecule has 1 N–H and O–H groups in total. The van der Waals surface area contributed by atoms with E-state index in [1.807, 2.05) is 24.3 Å². The molecule has 128 valence electrons. The minimum Gasteiger partial charge on any atom is -0.469 e. The van der Waals surface area contributed by atoms with Crippen LogP contribution in [0.3, 0.4) is 0 Å². The largest absolute Gasteiger partial charge is 0.469 e. The lowest BCUT2D eigenvalue weighted by Gasteiger charge is -2.11. The number of hydrogen-bond acceptors (Lipinski definition) is 5. The number of carbonyl (C=O) groups excluding carboxylic acids is 1. The summed E-state index contributed by atoms with van der Waals surface area (Å²) in [4.78, 5) is 18.6. The van der Waals surface area contributed by atoms with Crippen LogP contribution in [0.4, 0.5) is 5.00 Å². The van der Waals surface area contributed by atoms with Gasteiger partial charge >= 0.3 is 5.97 Å². The van der Waals surface area contributed by atoms with Crippen molar-refractivity contribution >= 4 is 56.8 Å². The first-order chi connectivity index (χ1) is 12.1. The summed E-state index contributed by atoms with van der Waals surface area (Å²) in [6, 6.07) is 7.68. The smallest absolute Gasteiger partial charge is 0.309 e. The number of hydrogen-bond donors (Lipinski definition) is 1. The van der Waals surface area contributed by atoms with Crippen molar-refractivity contribution in [2.75, 3.05) is 19.0 Å². The van der Waals surface area contributed by atoms with E-state index in [9.17, 15) is 4.79 Å². The number of ether oxygens (including phenoxy) is 1. The number of nitrogens with one attached hydrogen (secondary N) is 1. The summed E-state index contributed by atoms with van der Waals surface area (Å²) in [7, 11) is 1.44. The number of carbonyl (C=O) groups is 1. The first kappa shape index (κ1) is 16.7. The van der Waals surface area contributed by atoms with Crippen LogP contribution in [0.15, 0.2) is 29.3 Å². The number of thiocarbonyl (C=S) groups is 1. The van der Waals surface area contributed by atoms with Gasteiger partial charge < -0.3 is 10.1 Å². The van der Waals surface area contributed by atoms with Crippen molar-refractivity contribution in [3.05, 3.63) is 50.9 Å². The lowest BCUT2D eigenvalue weighted by Crippen LogP contribution is -2.17. The fourth-order valence-electron chi connectivity index (χ4n) is 3.38. The molecule has 0 saturated carbocycles. The van der Waals surface area contributed by atoms with Gasteiger partial charge in [0.25, 0.3) is 0 Å². The molecular weight excluding hydrogens is 376 g/mol. The average molecular weight is 391 g/mol. The molecule has 1 aliphatic carbocycles. The number of rotatable bonds is 2. The molecule has 1 unspecified atom stereocenters. The molecule has 25 heavy (non-hydrogen) atoms. The zero-order valence-corrected chi connectivity index (χ0v) is 15.9. The third-order valence-corrected chi connectivity index (χ3v) is 6.24. The lowest BCUT2D eigenvalue weighted by atomic mass is 9.98. The average Bonchev–Trinajstić information content (AvgIpc) is 3.09. The van der Waals surface area contributed by atoms with E-state index in [0.29, 0.717) is 29.4 Å². The number of fused-ring (bicyclic) bond motifs is 3. The zero-order valence-electron chi connectivity index (χ0n) is 13.5. The van der Waals surface area contributed by atoms with Crippen LogP contribution < -0.4 is 5.32 Å². The maximum atomic E-state index is 12.0. The Kier molecular flexibility index (Phi) is 4.35. The number of esters is 1. The Balaban J connectivity index is 1.85. The Hall–Kier alpha value is -1.76.